The number of aromatic amines is 1. The van der Waals surface area contributed by atoms with Crippen molar-refractivity contribution in [2.75, 3.05) is 7.11 Å². The number of methoxy groups -OCH3 is 1. The van der Waals surface area contributed by atoms with E-state index in [9.17, 15) is 0 Å². The highest BCUT2D eigenvalue weighted by molar-refractivity contribution is 9.10. The minimum absolute atomic E-state index is 0.520. The molecule has 0 bridgehead atoms. The minimum Gasteiger partial charge on any atom is -0.479 e. The molecule has 2 rings (SSSR count). The van der Waals surface area contributed by atoms with Crippen LogP contribution < -0.4 is 4.74 Å². The summed E-state index contributed by atoms with van der Waals surface area (Å²) < 4.78 is 11.0. The van der Waals surface area contributed by atoms with Crippen LogP contribution in [0.1, 0.15) is 0 Å². The first-order valence-corrected chi connectivity index (χ1v) is 4.44. The Hall–Kier alpha value is -1.23. The number of aromatic nitrogens is 2. The van der Waals surface area contributed by atoms with Crippen LogP contribution in [0.25, 0.3) is 11.5 Å². The van der Waals surface area contributed by atoms with Crippen molar-refractivity contribution in [3.8, 4) is 17.3 Å². The zero-order valence-electron chi connectivity index (χ0n) is 6.87. The summed E-state index contributed by atoms with van der Waals surface area (Å²) in [6.45, 7) is 0. The SMILES string of the molecule is COc1n[nH]c(-c2ccco2)c1Br. The van der Waals surface area contributed by atoms with E-state index in [1.165, 1.54) is 0 Å². The van der Waals surface area contributed by atoms with Gasteiger partial charge in [-0.15, -0.1) is 5.10 Å². The number of nitrogens with zero attached hydrogens (tertiary/aromatic N) is 1. The highest BCUT2D eigenvalue weighted by Crippen LogP contribution is 2.32. The molecule has 0 radical (unpaired) electrons. The molecule has 0 aliphatic heterocycles. The number of halogens is 1. The Kier molecular flexibility index (Phi) is 2.10. The average Bonchev–Trinajstić information content (AvgIpc) is 2.72. The smallest absolute Gasteiger partial charge is 0.247 e. The third-order valence-corrected chi connectivity index (χ3v) is 2.37. The summed E-state index contributed by atoms with van der Waals surface area (Å²) in [5.41, 5.74) is 0.779. The molecule has 68 valence electrons. The van der Waals surface area contributed by atoms with E-state index in [0.717, 1.165) is 15.9 Å². The van der Waals surface area contributed by atoms with Crippen molar-refractivity contribution >= 4 is 15.9 Å². The van der Waals surface area contributed by atoms with Gasteiger partial charge in [-0.3, -0.25) is 5.10 Å². The molecule has 13 heavy (non-hydrogen) atoms. The van der Waals surface area contributed by atoms with Crippen molar-refractivity contribution in [3.05, 3.63) is 22.9 Å². The molecule has 1 N–H and O–H groups in total. The third-order valence-electron chi connectivity index (χ3n) is 1.64. The summed E-state index contributed by atoms with van der Waals surface area (Å²) in [5.74, 6) is 1.24. The number of hydrogen-bond acceptors (Lipinski definition) is 3. The fraction of sp³-hybridized carbons (Fsp3) is 0.125. The van der Waals surface area contributed by atoms with E-state index in [4.69, 9.17) is 9.15 Å². The van der Waals surface area contributed by atoms with Gasteiger partial charge in [-0.1, -0.05) is 0 Å². The maximum Gasteiger partial charge on any atom is 0.247 e. The molecule has 0 unspecified atom stereocenters. The summed E-state index contributed by atoms with van der Waals surface area (Å²) in [4.78, 5) is 0. The predicted molar refractivity (Wildman–Crippen MR) is 50.5 cm³/mol. The molecule has 0 aliphatic rings. The number of rotatable bonds is 2. The van der Waals surface area contributed by atoms with Gasteiger partial charge in [-0.2, -0.15) is 0 Å². The maximum atomic E-state index is 5.20. The van der Waals surface area contributed by atoms with E-state index in [0.29, 0.717) is 5.88 Å². The Labute approximate surface area is 83.0 Å². The predicted octanol–water partition coefficient (Wildman–Crippen LogP) is 2.44. The van der Waals surface area contributed by atoms with Gasteiger partial charge in [-0.05, 0) is 28.1 Å². The van der Waals surface area contributed by atoms with Crippen molar-refractivity contribution in [2.45, 2.75) is 0 Å². The van der Waals surface area contributed by atoms with E-state index in [1.54, 1.807) is 13.4 Å². The molecule has 4 nitrogen and oxygen atoms in total. The molecule has 2 aromatic heterocycles. The molecule has 0 atom stereocenters. The van der Waals surface area contributed by atoms with Crippen LogP contribution in [-0.2, 0) is 0 Å². The first-order chi connectivity index (χ1) is 6.33. The lowest BCUT2D eigenvalue weighted by atomic mass is 10.3. The van der Waals surface area contributed by atoms with Gasteiger partial charge in [0.25, 0.3) is 0 Å². The summed E-state index contributed by atoms with van der Waals surface area (Å²) in [7, 11) is 1.56. The number of hydrogen-bond donors (Lipinski definition) is 1. The minimum atomic E-state index is 0.520. The monoisotopic (exact) mass is 242 g/mol. The molecule has 5 heteroatoms. The van der Waals surface area contributed by atoms with E-state index >= 15 is 0 Å². The van der Waals surface area contributed by atoms with Crippen molar-refractivity contribution in [2.24, 2.45) is 0 Å². The lowest BCUT2D eigenvalue weighted by molar-refractivity contribution is 0.394. The lowest BCUT2D eigenvalue weighted by Gasteiger charge is -1.93. The average molecular weight is 243 g/mol. The molecule has 2 heterocycles. The number of H-pyrrole nitrogens is 1. The summed E-state index contributed by atoms with van der Waals surface area (Å²) in [5, 5.41) is 6.75. The van der Waals surface area contributed by atoms with Crippen molar-refractivity contribution in [1.82, 2.24) is 10.2 Å². The topological polar surface area (TPSA) is 51.0 Å². The molecule has 0 saturated carbocycles. The second-order valence-corrected chi connectivity index (χ2v) is 3.19. The summed E-state index contributed by atoms with van der Waals surface area (Å²) in [6, 6.07) is 3.66. The van der Waals surface area contributed by atoms with Crippen LogP contribution >= 0.6 is 15.9 Å². The largest absolute Gasteiger partial charge is 0.479 e. The molecular formula is C8H7BrN2O2. The standard InChI is InChI=1S/C8H7BrN2O2/c1-12-8-6(9)7(10-11-8)5-3-2-4-13-5/h2-4H,1H3,(H,10,11). The number of furan rings is 1. The fourth-order valence-corrected chi connectivity index (χ4v) is 1.57. The number of ether oxygens (including phenoxy) is 1. The molecule has 0 aliphatic carbocycles. The van der Waals surface area contributed by atoms with Crippen LogP contribution in [0.15, 0.2) is 27.3 Å². The van der Waals surface area contributed by atoms with Gasteiger partial charge in [0.1, 0.15) is 10.2 Å². The van der Waals surface area contributed by atoms with Crippen LogP contribution in [0.5, 0.6) is 5.88 Å². The zero-order valence-corrected chi connectivity index (χ0v) is 8.46. The van der Waals surface area contributed by atoms with Gasteiger partial charge in [0, 0.05) is 0 Å². The second kappa shape index (κ2) is 3.26. The normalized spacial score (nSPS) is 10.3. The zero-order chi connectivity index (χ0) is 9.26. The third kappa shape index (κ3) is 1.35. The van der Waals surface area contributed by atoms with Crippen LogP contribution in [0.4, 0.5) is 0 Å². The Morgan fingerprint density at radius 1 is 1.62 bits per heavy atom. The molecular weight excluding hydrogens is 236 g/mol. The van der Waals surface area contributed by atoms with Gasteiger partial charge in [0.2, 0.25) is 5.88 Å². The summed E-state index contributed by atoms with van der Waals surface area (Å²) >= 11 is 3.35. The highest BCUT2D eigenvalue weighted by atomic mass is 79.9. The second-order valence-electron chi connectivity index (χ2n) is 2.40. The Morgan fingerprint density at radius 3 is 3.00 bits per heavy atom. The van der Waals surface area contributed by atoms with Gasteiger partial charge in [0.05, 0.1) is 13.4 Å². The quantitative estimate of drug-likeness (QED) is 0.881. The van der Waals surface area contributed by atoms with Crippen LogP contribution in [0, 0.1) is 0 Å². The van der Waals surface area contributed by atoms with Crippen LogP contribution in [0.3, 0.4) is 0 Å². The molecule has 0 spiro atoms. The molecule has 0 aromatic carbocycles. The molecule has 0 saturated heterocycles. The van der Waals surface area contributed by atoms with Crippen molar-refractivity contribution in [1.29, 1.82) is 0 Å². The van der Waals surface area contributed by atoms with Gasteiger partial charge >= 0.3 is 0 Å². The first kappa shape index (κ1) is 8.37. The Balaban J connectivity index is 2.48. The Morgan fingerprint density at radius 2 is 2.46 bits per heavy atom. The van der Waals surface area contributed by atoms with Crippen LogP contribution in [-0.4, -0.2) is 17.3 Å². The van der Waals surface area contributed by atoms with E-state index < -0.39 is 0 Å². The van der Waals surface area contributed by atoms with Gasteiger partial charge in [0.15, 0.2) is 5.76 Å². The molecule has 0 fully saturated rings. The van der Waals surface area contributed by atoms with E-state index in [2.05, 4.69) is 26.1 Å². The highest BCUT2D eigenvalue weighted by Gasteiger charge is 2.13. The van der Waals surface area contributed by atoms with Crippen molar-refractivity contribution < 1.29 is 9.15 Å². The molecule has 0 amide bonds. The van der Waals surface area contributed by atoms with Crippen LogP contribution in [0.2, 0.25) is 0 Å². The van der Waals surface area contributed by atoms with E-state index in [1.807, 2.05) is 12.1 Å². The molecule has 2 aromatic rings. The maximum absolute atomic E-state index is 5.20. The lowest BCUT2D eigenvalue weighted by Crippen LogP contribution is -1.81. The van der Waals surface area contributed by atoms with Gasteiger partial charge in [-0.25, -0.2) is 0 Å². The Bertz CT molecular complexity index is 394. The number of nitrogens with one attached hydrogen (secondary N) is 1. The fourth-order valence-electron chi connectivity index (χ4n) is 1.03. The summed E-state index contributed by atoms with van der Waals surface area (Å²) in [6.07, 6.45) is 1.61. The van der Waals surface area contributed by atoms with Gasteiger partial charge < -0.3 is 9.15 Å². The van der Waals surface area contributed by atoms with Crippen molar-refractivity contribution in [3.63, 3.8) is 0 Å². The van der Waals surface area contributed by atoms with E-state index in [-0.39, 0.29) is 0 Å². The first-order valence-electron chi connectivity index (χ1n) is 3.64.